The van der Waals surface area contributed by atoms with Gasteiger partial charge in [-0.25, -0.2) is 0 Å². The average Bonchev–Trinajstić information content (AvgIpc) is 2.82. The fourth-order valence-corrected chi connectivity index (χ4v) is 2.89. The first-order valence-corrected chi connectivity index (χ1v) is 7.07. The zero-order valence-corrected chi connectivity index (χ0v) is 11.3. The Morgan fingerprint density at radius 2 is 1.89 bits per heavy atom. The zero-order valence-electron chi connectivity index (χ0n) is 11.3. The molecule has 1 aromatic carbocycles. The van der Waals surface area contributed by atoms with E-state index in [1.54, 1.807) is 0 Å². The van der Waals surface area contributed by atoms with Gasteiger partial charge in [0, 0.05) is 17.1 Å². The summed E-state index contributed by atoms with van der Waals surface area (Å²) < 4.78 is 0. The number of aromatic amines is 1. The standard InChI is InChI=1S/C16H22N2/c1-11(2)13-3-4-15-14(9-13)10-16(18-15)12-5-7-17-8-6-12/h3-4,9-12,17-18H,5-8H2,1-2H3. The number of nitrogens with one attached hydrogen (secondary N) is 2. The Bertz CT molecular complexity index is 533. The van der Waals surface area contributed by atoms with E-state index in [0.717, 1.165) is 13.1 Å². The van der Waals surface area contributed by atoms with Crippen LogP contribution in [0.1, 0.15) is 49.8 Å². The Hall–Kier alpha value is -1.28. The molecule has 0 amide bonds. The maximum absolute atomic E-state index is 3.60. The summed E-state index contributed by atoms with van der Waals surface area (Å²) in [4.78, 5) is 3.60. The number of aromatic nitrogens is 1. The SMILES string of the molecule is CC(C)c1ccc2[nH]c(C3CCNCC3)cc2c1. The summed E-state index contributed by atoms with van der Waals surface area (Å²) in [6.45, 7) is 6.80. The van der Waals surface area contributed by atoms with Crippen molar-refractivity contribution in [2.45, 2.75) is 38.5 Å². The molecular weight excluding hydrogens is 220 g/mol. The lowest BCUT2D eigenvalue weighted by molar-refractivity contribution is 0.455. The molecule has 0 unspecified atom stereocenters. The first-order valence-electron chi connectivity index (χ1n) is 7.07. The predicted octanol–water partition coefficient (Wildman–Crippen LogP) is 3.76. The summed E-state index contributed by atoms with van der Waals surface area (Å²) in [5, 5.41) is 4.80. The average molecular weight is 242 g/mol. The van der Waals surface area contributed by atoms with Crippen molar-refractivity contribution in [1.29, 1.82) is 0 Å². The van der Waals surface area contributed by atoms with Crippen molar-refractivity contribution in [3.63, 3.8) is 0 Å². The number of rotatable bonds is 2. The highest BCUT2D eigenvalue weighted by Crippen LogP contribution is 2.29. The number of fused-ring (bicyclic) bond motifs is 1. The molecule has 1 saturated heterocycles. The highest BCUT2D eigenvalue weighted by Gasteiger charge is 2.17. The second kappa shape index (κ2) is 4.77. The minimum Gasteiger partial charge on any atom is -0.358 e. The molecule has 18 heavy (non-hydrogen) atoms. The molecule has 1 fully saturated rings. The molecule has 1 aromatic heterocycles. The van der Waals surface area contributed by atoms with Crippen molar-refractivity contribution in [3.05, 3.63) is 35.5 Å². The van der Waals surface area contributed by atoms with Gasteiger partial charge in [0.05, 0.1) is 0 Å². The Morgan fingerprint density at radius 3 is 2.61 bits per heavy atom. The summed E-state index contributed by atoms with van der Waals surface area (Å²) in [5.41, 5.74) is 4.14. The van der Waals surface area contributed by atoms with Gasteiger partial charge in [-0.3, -0.25) is 0 Å². The molecule has 96 valence electrons. The van der Waals surface area contributed by atoms with Crippen molar-refractivity contribution in [3.8, 4) is 0 Å². The van der Waals surface area contributed by atoms with Crippen LogP contribution in [0.15, 0.2) is 24.3 Å². The summed E-state index contributed by atoms with van der Waals surface area (Å²) >= 11 is 0. The number of piperidine rings is 1. The monoisotopic (exact) mass is 242 g/mol. The Kier molecular flexibility index (Phi) is 3.13. The third-order valence-corrected chi connectivity index (χ3v) is 4.11. The van der Waals surface area contributed by atoms with Gasteiger partial charge in [-0.05, 0) is 61.0 Å². The molecule has 1 aliphatic rings. The van der Waals surface area contributed by atoms with Gasteiger partial charge in [0.1, 0.15) is 0 Å². The fraction of sp³-hybridized carbons (Fsp3) is 0.500. The van der Waals surface area contributed by atoms with Gasteiger partial charge in [0.25, 0.3) is 0 Å². The van der Waals surface area contributed by atoms with Crippen LogP contribution in [0.2, 0.25) is 0 Å². The molecule has 0 aliphatic carbocycles. The van der Waals surface area contributed by atoms with Gasteiger partial charge in [0.2, 0.25) is 0 Å². The van der Waals surface area contributed by atoms with E-state index in [4.69, 9.17) is 0 Å². The summed E-state index contributed by atoms with van der Waals surface area (Å²) in [6.07, 6.45) is 2.51. The summed E-state index contributed by atoms with van der Waals surface area (Å²) in [5.74, 6) is 1.31. The van der Waals surface area contributed by atoms with Crippen LogP contribution in [-0.4, -0.2) is 18.1 Å². The van der Waals surface area contributed by atoms with Crippen molar-refractivity contribution < 1.29 is 0 Å². The molecule has 2 heterocycles. The molecule has 0 radical (unpaired) electrons. The number of hydrogen-bond acceptors (Lipinski definition) is 1. The molecular formula is C16H22N2. The summed E-state index contributed by atoms with van der Waals surface area (Å²) in [7, 11) is 0. The molecule has 3 rings (SSSR count). The van der Waals surface area contributed by atoms with Crippen molar-refractivity contribution in [2.75, 3.05) is 13.1 Å². The van der Waals surface area contributed by atoms with Gasteiger partial charge < -0.3 is 10.3 Å². The smallest absolute Gasteiger partial charge is 0.0456 e. The Balaban J connectivity index is 1.94. The zero-order chi connectivity index (χ0) is 12.5. The van der Waals surface area contributed by atoms with Crippen LogP contribution in [0.3, 0.4) is 0 Å². The quantitative estimate of drug-likeness (QED) is 0.824. The van der Waals surface area contributed by atoms with Crippen LogP contribution in [0.5, 0.6) is 0 Å². The van der Waals surface area contributed by atoms with E-state index < -0.39 is 0 Å². The number of H-pyrrole nitrogens is 1. The van der Waals surface area contributed by atoms with Gasteiger partial charge in [-0.15, -0.1) is 0 Å². The highest BCUT2D eigenvalue weighted by molar-refractivity contribution is 5.81. The van der Waals surface area contributed by atoms with E-state index in [9.17, 15) is 0 Å². The van der Waals surface area contributed by atoms with E-state index in [2.05, 4.69) is 48.4 Å². The van der Waals surface area contributed by atoms with Crippen LogP contribution in [0.25, 0.3) is 10.9 Å². The van der Waals surface area contributed by atoms with Crippen molar-refractivity contribution in [1.82, 2.24) is 10.3 Å². The lowest BCUT2D eigenvalue weighted by atomic mass is 9.94. The minimum atomic E-state index is 0.603. The van der Waals surface area contributed by atoms with Gasteiger partial charge in [-0.1, -0.05) is 19.9 Å². The molecule has 0 atom stereocenters. The number of benzene rings is 1. The van der Waals surface area contributed by atoms with Crippen LogP contribution in [-0.2, 0) is 0 Å². The molecule has 2 aromatic rings. The first-order chi connectivity index (χ1) is 8.74. The maximum Gasteiger partial charge on any atom is 0.0456 e. The molecule has 2 N–H and O–H groups in total. The third-order valence-electron chi connectivity index (χ3n) is 4.11. The van der Waals surface area contributed by atoms with E-state index in [0.29, 0.717) is 11.8 Å². The van der Waals surface area contributed by atoms with Crippen LogP contribution in [0, 0.1) is 0 Å². The molecule has 0 saturated carbocycles. The fourth-order valence-electron chi connectivity index (χ4n) is 2.89. The van der Waals surface area contributed by atoms with Gasteiger partial charge in [-0.2, -0.15) is 0 Å². The molecule has 0 spiro atoms. The number of hydrogen-bond donors (Lipinski definition) is 2. The minimum absolute atomic E-state index is 0.603. The lowest BCUT2D eigenvalue weighted by Gasteiger charge is -2.21. The van der Waals surface area contributed by atoms with Gasteiger partial charge >= 0.3 is 0 Å². The molecule has 2 heteroatoms. The normalized spacial score (nSPS) is 17.7. The van der Waals surface area contributed by atoms with Crippen LogP contribution < -0.4 is 5.32 Å². The van der Waals surface area contributed by atoms with Crippen LogP contribution in [0.4, 0.5) is 0 Å². The Morgan fingerprint density at radius 1 is 1.11 bits per heavy atom. The predicted molar refractivity (Wildman–Crippen MR) is 77.2 cm³/mol. The van der Waals surface area contributed by atoms with E-state index in [-0.39, 0.29) is 0 Å². The third kappa shape index (κ3) is 2.17. The highest BCUT2D eigenvalue weighted by atomic mass is 14.9. The van der Waals surface area contributed by atoms with E-state index in [1.807, 2.05) is 0 Å². The van der Waals surface area contributed by atoms with Gasteiger partial charge in [0.15, 0.2) is 0 Å². The first kappa shape index (κ1) is 11.8. The largest absolute Gasteiger partial charge is 0.358 e. The van der Waals surface area contributed by atoms with E-state index in [1.165, 1.54) is 35.0 Å². The molecule has 0 bridgehead atoms. The second-order valence-electron chi connectivity index (χ2n) is 5.75. The van der Waals surface area contributed by atoms with E-state index >= 15 is 0 Å². The van der Waals surface area contributed by atoms with Crippen molar-refractivity contribution >= 4 is 10.9 Å². The topological polar surface area (TPSA) is 27.8 Å². The second-order valence-corrected chi connectivity index (χ2v) is 5.75. The molecule has 1 aliphatic heterocycles. The molecule has 2 nitrogen and oxygen atoms in total. The van der Waals surface area contributed by atoms with Crippen LogP contribution >= 0.6 is 0 Å². The maximum atomic E-state index is 3.60. The lowest BCUT2D eigenvalue weighted by Crippen LogP contribution is -2.26. The van der Waals surface area contributed by atoms with Crippen molar-refractivity contribution in [2.24, 2.45) is 0 Å². The Labute approximate surface area is 109 Å². The summed E-state index contributed by atoms with van der Waals surface area (Å²) in [6, 6.07) is 9.17.